The van der Waals surface area contributed by atoms with Crippen LogP contribution in [0.4, 0.5) is 15.3 Å². The molecule has 2 aliphatic heterocycles. The highest BCUT2D eigenvalue weighted by Gasteiger charge is 2.32. The smallest absolute Gasteiger partial charge is 0.415 e. The second-order valence-electron chi connectivity index (χ2n) is 10.1. The number of benzene rings is 2. The van der Waals surface area contributed by atoms with E-state index in [-0.39, 0.29) is 12.1 Å². The maximum atomic E-state index is 12.9. The molecule has 0 aliphatic carbocycles. The van der Waals surface area contributed by atoms with Crippen LogP contribution in [-0.2, 0) is 16.0 Å². The summed E-state index contributed by atoms with van der Waals surface area (Å²) in [6, 6.07) is 11.3. The van der Waals surface area contributed by atoms with Crippen LogP contribution in [0.3, 0.4) is 0 Å². The number of ether oxygens (including phenoxy) is 2. The van der Waals surface area contributed by atoms with Gasteiger partial charge in [0, 0.05) is 31.4 Å². The van der Waals surface area contributed by atoms with Gasteiger partial charge in [0.15, 0.2) is 0 Å². The number of unbranched alkanes of at least 4 members (excludes halogenated alkanes) is 1. The van der Waals surface area contributed by atoms with Gasteiger partial charge in [-0.2, -0.15) is 0 Å². The number of hydrogen-bond acceptors (Lipinski definition) is 5. The molecule has 2 N–H and O–H groups in total. The fourth-order valence-electron chi connectivity index (χ4n) is 5.16. The van der Waals surface area contributed by atoms with Crippen LogP contribution >= 0.6 is 0 Å². The predicted molar refractivity (Wildman–Crippen MR) is 149 cm³/mol. The minimum absolute atomic E-state index is 0.0122. The molecule has 2 aromatic carbocycles. The topological polar surface area (TPSA) is 108 Å². The van der Waals surface area contributed by atoms with Crippen molar-refractivity contribution in [1.29, 1.82) is 0 Å². The van der Waals surface area contributed by atoms with Gasteiger partial charge in [0.25, 0.3) is 0 Å². The van der Waals surface area contributed by atoms with Gasteiger partial charge in [0.2, 0.25) is 5.76 Å². The number of carboxylic acids is 1. The van der Waals surface area contributed by atoms with E-state index in [1.165, 1.54) is 11.0 Å². The highest BCUT2D eigenvalue weighted by molar-refractivity contribution is 5.93. The van der Waals surface area contributed by atoms with E-state index in [2.05, 4.69) is 12.2 Å². The average molecular weight is 536 g/mol. The summed E-state index contributed by atoms with van der Waals surface area (Å²) in [5.41, 5.74) is 4.33. The zero-order valence-corrected chi connectivity index (χ0v) is 22.9. The molecule has 0 spiro atoms. The second kappa shape index (κ2) is 12.7. The molecule has 3 amide bonds. The fourth-order valence-corrected chi connectivity index (χ4v) is 5.16. The zero-order valence-electron chi connectivity index (χ0n) is 22.9. The third kappa shape index (κ3) is 6.90. The standard InChI is InChI=1S/C30H37N3O6/c1-4-5-16-38-27-20(2)17-22(18-21(27)3)19-26(28(34)35)39-30(37)32-13-11-24(12-14-32)33-15-10-23-8-6-7-9-25(23)31-29(33)36/h6-9,17-19,24H,4-5,10-16H2,1-3H3,(H,31,36)(H,34,35)/b26-19-. The lowest BCUT2D eigenvalue weighted by molar-refractivity contribution is -0.135. The molecule has 9 heteroatoms. The molecule has 0 radical (unpaired) electrons. The summed E-state index contributed by atoms with van der Waals surface area (Å²) < 4.78 is 11.2. The minimum atomic E-state index is -1.32. The normalized spacial score (nSPS) is 16.3. The van der Waals surface area contributed by atoms with Gasteiger partial charge < -0.3 is 29.7 Å². The van der Waals surface area contributed by atoms with E-state index in [1.54, 1.807) is 0 Å². The molecule has 0 atom stereocenters. The van der Waals surface area contributed by atoms with Crippen LogP contribution in [0.25, 0.3) is 6.08 Å². The molecule has 2 aromatic rings. The van der Waals surface area contributed by atoms with Crippen LogP contribution in [0.2, 0.25) is 0 Å². The van der Waals surface area contributed by atoms with Crippen molar-refractivity contribution in [2.24, 2.45) is 0 Å². The number of likely N-dealkylation sites (tertiary alicyclic amines) is 1. The van der Waals surface area contributed by atoms with Crippen molar-refractivity contribution in [3.63, 3.8) is 0 Å². The van der Waals surface area contributed by atoms with Gasteiger partial charge in [-0.15, -0.1) is 0 Å². The Hall–Kier alpha value is -4.01. The van der Waals surface area contributed by atoms with Crippen molar-refractivity contribution in [3.8, 4) is 5.75 Å². The number of nitrogens with zero attached hydrogens (tertiary/aromatic N) is 2. The first kappa shape index (κ1) is 28.0. The van der Waals surface area contributed by atoms with E-state index in [0.29, 0.717) is 44.6 Å². The Morgan fingerprint density at radius 3 is 2.46 bits per heavy atom. The first-order valence-electron chi connectivity index (χ1n) is 13.6. The lowest BCUT2D eigenvalue weighted by Crippen LogP contribution is -2.50. The summed E-state index contributed by atoms with van der Waals surface area (Å²) in [5, 5.41) is 12.7. The molecule has 1 saturated heterocycles. The molecule has 0 unspecified atom stereocenters. The number of rotatable bonds is 8. The van der Waals surface area contributed by atoms with Crippen molar-refractivity contribution in [1.82, 2.24) is 9.80 Å². The number of aryl methyl sites for hydroxylation is 2. The number of aliphatic carboxylic acids is 1. The molecule has 208 valence electrons. The molecular formula is C30H37N3O6. The molecule has 9 nitrogen and oxygen atoms in total. The molecule has 1 fully saturated rings. The Kier molecular flexibility index (Phi) is 9.11. The maximum absolute atomic E-state index is 12.9. The van der Waals surface area contributed by atoms with E-state index < -0.39 is 17.8 Å². The number of fused-ring (bicyclic) bond motifs is 1. The average Bonchev–Trinajstić information content (AvgIpc) is 3.08. The van der Waals surface area contributed by atoms with Gasteiger partial charge >= 0.3 is 18.1 Å². The number of carbonyl (C=O) groups excluding carboxylic acids is 2. The molecule has 2 aliphatic rings. The van der Waals surface area contributed by atoms with Crippen LogP contribution in [0.1, 0.15) is 54.9 Å². The monoisotopic (exact) mass is 535 g/mol. The highest BCUT2D eigenvalue weighted by Crippen LogP contribution is 2.27. The largest absolute Gasteiger partial charge is 0.493 e. The lowest BCUT2D eigenvalue weighted by Gasteiger charge is -2.37. The van der Waals surface area contributed by atoms with E-state index in [1.807, 2.05) is 55.1 Å². The van der Waals surface area contributed by atoms with Crippen LogP contribution in [0.5, 0.6) is 5.75 Å². The van der Waals surface area contributed by atoms with E-state index >= 15 is 0 Å². The number of hydrogen-bond donors (Lipinski definition) is 2. The van der Waals surface area contributed by atoms with Gasteiger partial charge in [-0.1, -0.05) is 31.5 Å². The number of piperidine rings is 1. The molecule has 0 bridgehead atoms. The van der Waals surface area contributed by atoms with Gasteiger partial charge in [0.05, 0.1) is 6.61 Å². The maximum Gasteiger partial charge on any atom is 0.415 e. The number of anilines is 1. The second-order valence-corrected chi connectivity index (χ2v) is 10.1. The van der Waals surface area contributed by atoms with Gasteiger partial charge in [-0.25, -0.2) is 14.4 Å². The first-order valence-corrected chi connectivity index (χ1v) is 13.6. The predicted octanol–water partition coefficient (Wildman–Crippen LogP) is 5.60. The summed E-state index contributed by atoms with van der Waals surface area (Å²) in [6.45, 7) is 7.88. The minimum Gasteiger partial charge on any atom is -0.493 e. The Balaban J connectivity index is 1.36. The number of nitrogens with one attached hydrogen (secondary N) is 1. The van der Waals surface area contributed by atoms with E-state index in [0.717, 1.165) is 47.4 Å². The SMILES string of the molecule is CCCCOc1c(C)cc(/C=C(\OC(=O)N2CCC(N3CCc4ccccc4NC3=O)CC2)C(=O)O)cc1C. The third-order valence-corrected chi connectivity index (χ3v) is 7.24. The molecule has 39 heavy (non-hydrogen) atoms. The molecule has 0 saturated carbocycles. The Morgan fingerprint density at radius 2 is 1.79 bits per heavy atom. The van der Waals surface area contributed by atoms with Gasteiger partial charge in [0.1, 0.15) is 5.75 Å². The van der Waals surface area contributed by atoms with Crippen LogP contribution < -0.4 is 10.1 Å². The Bertz CT molecular complexity index is 1230. The highest BCUT2D eigenvalue weighted by atomic mass is 16.6. The number of urea groups is 1. The number of carboxylic acid groups (broad SMARTS) is 1. The molecular weight excluding hydrogens is 498 g/mol. The first-order chi connectivity index (χ1) is 18.8. The molecule has 0 aromatic heterocycles. The van der Waals surface area contributed by atoms with Crippen molar-refractivity contribution in [2.75, 3.05) is 31.6 Å². The molecule has 4 rings (SSSR count). The van der Waals surface area contributed by atoms with Crippen molar-refractivity contribution in [3.05, 3.63) is 64.4 Å². The number of para-hydroxylation sites is 1. The van der Waals surface area contributed by atoms with Gasteiger partial charge in [-0.05, 0) is 86.1 Å². The zero-order chi connectivity index (χ0) is 27.9. The summed E-state index contributed by atoms with van der Waals surface area (Å²) in [4.78, 5) is 41.0. The van der Waals surface area contributed by atoms with Crippen LogP contribution in [-0.4, -0.2) is 65.3 Å². The van der Waals surface area contributed by atoms with E-state index in [9.17, 15) is 19.5 Å². The van der Waals surface area contributed by atoms with Crippen molar-refractivity contribution >= 4 is 29.9 Å². The van der Waals surface area contributed by atoms with Crippen molar-refractivity contribution in [2.45, 2.75) is 58.9 Å². The van der Waals surface area contributed by atoms with Crippen LogP contribution in [0.15, 0.2) is 42.2 Å². The quantitative estimate of drug-likeness (QED) is 0.259. The summed E-state index contributed by atoms with van der Waals surface area (Å²) in [6.07, 6.45) is 4.58. The summed E-state index contributed by atoms with van der Waals surface area (Å²) >= 11 is 0. The molecule has 2 heterocycles. The Labute approximate surface area is 229 Å². The van der Waals surface area contributed by atoms with Gasteiger partial charge in [-0.3, -0.25) is 0 Å². The van der Waals surface area contributed by atoms with Crippen molar-refractivity contribution < 1.29 is 29.0 Å². The number of amides is 3. The van der Waals surface area contributed by atoms with Crippen LogP contribution in [0, 0.1) is 13.8 Å². The number of carbonyl (C=O) groups is 3. The summed E-state index contributed by atoms with van der Waals surface area (Å²) in [7, 11) is 0. The summed E-state index contributed by atoms with van der Waals surface area (Å²) in [5.74, 6) is -0.970. The lowest BCUT2D eigenvalue weighted by atomic mass is 10.0. The third-order valence-electron chi connectivity index (χ3n) is 7.24. The van der Waals surface area contributed by atoms with E-state index in [4.69, 9.17) is 9.47 Å². The Morgan fingerprint density at radius 1 is 1.10 bits per heavy atom. The fraction of sp³-hybridized carbons (Fsp3) is 0.433.